The Hall–Kier alpha value is -1.76. The average Bonchev–Trinajstić information content (AvgIpc) is 2.77. The van der Waals surface area contributed by atoms with Gasteiger partial charge in [-0.1, -0.05) is 67.9 Å². The van der Waals surface area contributed by atoms with Gasteiger partial charge in [0.05, 0.1) is 0 Å². The Morgan fingerprint density at radius 3 is 1.45 bits per heavy atom. The molecule has 0 saturated heterocycles. The van der Waals surface area contributed by atoms with Gasteiger partial charge in [0, 0.05) is 0 Å². The lowest BCUT2D eigenvalue weighted by atomic mass is 10.1. The topological polar surface area (TPSA) is 0 Å². The van der Waals surface area contributed by atoms with Crippen LogP contribution in [0.15, 0.2) is 102 Å². The van der Waals surface area contributed by atoms with Gasteiger partial charge in [-0.2, -0.15) is 0 Å². The van der Waals surface area contributed by atoms with E-state index in [-0.39, 0.29) is 22.8 Å². The third kappa shape index (κ3) is 5.44. The third-order valence-corrected chi connectivity index (χ3v) is 9.63. The number of allylic oxidation sites excluding steroid dienone is 2. The number of unbranched alkanes of at least 4 members (excludes halogenated alkanes) is 1. The quantitative estimate of drug-likeness (QED) is 0.442. The van der Waals surface area contributed by atoms with Gasteiger partial charge in [0.15, 0.2) is 0 Å². The van der Waals surface area contributed by atoms with Gasteiger partial charge in [-0.3, -0.25) is 0 Å². The second-order valence-corrected chi connectivity index (χ2v) is 10.7. The first-order chi connectivity index (χ1) is 13.7. The fourth-order valence-electron chi connectivity index (χ4n) is 3.69. The smallest absolute Gasteiger partial charge is 0.137 e. The number of halogens is 2. The van der Waals surface area contributed by atoms with Crippen LogP contribution in [-0.2, 0) is 0 Å². The lowest BCUT2D eigenvalue weighted by Crippen LogP contribution is -3.00. The molecule has 0 aromatic heterocycles. The third-order valence-electron chi connectivity index (χ3n) is 5.34. The Bertz CT molecular complexity index is 795. The van der Waals surface area contributed by atoms with Crippen LogP contribution < -0.4 is 32.9 Å². The molecule has 0 spiro atoms. The first-order valence-corrected chi connectivity index (χ1v) is 12.0. The minimum Gasteiger partial charge on any atom is -1.00 e. The molecule has 0 atom stereocenters. The zero-order valence-corrected chi connectivity index (χ0v) is 19.7. The van der Waals surface area contributed by atoms with Crippen molar-refractivity contribution >= 4 is 23.2 Å². The largest absolute Gasteiger partial charge is 1.00 e. The Morgan fingerprint density at radius 1 is 0.724 bits per heavy atom. The summed E-state index contributed by atoms with van der Waals surface area (Å²) in [5, 5.41) is 3.68. The molecule has 3 aromatic rings. The molecule has 0 unspecified atom stereocenters. The number of benzene rings is 3. The maximum atomic E-state index is 15.6. The van der Waals surface area contributed by atoms with Crippen molar-refractivity contribution in [3.05, 3.63) is 102 Å². The van der Waals surface area contributed by atoms with Crippen LogP contribution in [-0.4, -0.2) is 6.16 Å². The van der Waals surface area contributed by atoms with Crippen LogP contribution in [0.1, 0.15) is 33.1 Å². The summed E-state index contributed by atoms with van der Waals surface area (Å²) in [6, 6.07) is 31.5. The highest BCUT2D eigenvalue weighted by atomic mass is 79.9. The number of hydrogen-bond acceptors (Lipinski definition) is 0. The zero-order valence-electron chi connectivity index (χ0n) is 17.2. The molecule has 3 aromatic carbocycles. The summed E-state index contributed by atoms with van der Waals surface area (Å²) in [6.07, 6.45) is 3.40. The summed E-state index contributed by atoms with van der Waals surface area (Å²) in [5.74, 6) is 0.0540. The molecule has 3 heteroatoms. The van der Waals surface area contributed by atoms with E-state index in [1.54, 1.807) is 0 Å². The molecule has 0 N–H and O–H groups in total. The van der Waals surface area contributed by atoms with E-state index in [1.165, 1.54) is 15.9 Å². The van der Waals surface area contributed by atoms with E-state index in [4.69, 9.17) is 0 Å². The summed E-state index contributed by atoms with van der Waals surface area (Å²) in [5.41, 5.74) is 0.897. The van der Waals surface area contributed by atoms with Crippen molar-refractivity contribution < 1.29 is 21.4 Å². The Balaban J connectivity index is 0.00000300. The molecule has 0 heterocycles. The SMILES string of the molecule is CCCC/C(C)=C(\F)C[P+](c1ccccc1)(c1ccccc1)c1ccccc1.[Br-]. The van der Waals surface area contributed by atoms with Crippen LogP contribution in [0.3, 0.4) is 0 Å². The van der Waals surface area contributed by atoms with Gasteiger partial charge in [0.1, 0.15) is 35.2 Å². The van der Waals surface area contributed by atoms with Gasteiger partial charge in [0.25, 0.3) is 0 Å². The first-order valence-electron chi connectivity index (χ1n) is 10.1. The molecule has 0 radical (unpaired) electrons. The van der Waals surface area contributed by atoms with E-state index in [2.05, 4.69) is 79.7 Å². The van der Waals surface area contributed by atoms with Gasteiger partial charge in [-0.05, 0) is 61.7 Å². The fraction of sp³-hybridized carbons (Fsp3) is 0.231. The van der Waals surface area contributed by atoms with Crippen LogP contribution in [0.2, 0.25) is 0 Å². The summed E-state index contributed by atoms with van der Waals surface area (Å²) in [6.45, 7) is 4.11. The molecular weight excluding hydrogens is 442 g/mol. The van der Waals surface area contributed by atoms with Crippen molar-refractivity contribution in [1.29, 1.82) is 0 Å². The highest BCUT2D eigenvalue weighted by molar-refractivity contribution is 7.95. The lowest BCUT2D eigenvalue weighted by Gasteiger charge is -2.27. The fourth-order valence-corrected chi connectivity index (χ4v) is 7.86. The van der Waals surface area contributed by atoms with Crippen molar-refractivity contribution in [2.75, 3.05) is 6.16 Å². The molecule has 0 aliphatic rings. The molecule has 3 rings (SSSR count). The van der Waals surface area contributed by atoms with Gasteiger partial charge in [-0.15, -0.1) is 0 Å². The van der Waals surface area contributed by atoms with Crippen LogP contribution in [0.5, 0.6) is 0 Å². The molecule has 0 bridgehead atoms. The van der Waals surface area contributed by atoms with Gasteiger partial charge >= 0.3 is 0 Å². The maximum Gasteiger partial charge on any atom is 0.137 e. The minimum atomic E-state index is -2.13. The Morgan fingerprint density at radius 2 is 1.10 bits per heavy atom. The monoisotopic (exact) mass is 470 g/mol. The van der Waals surface area contributed by atoms with E-state index >= 15 is 4.39 Å². The van der Waals surface area contributed by atoms with E-state index in [0.717, 1.165) is 24.8 Å². The molecule has 0 aliphatic heterocycles. The van der Waals surface area contributed by atoms with Crippen LogP contribution in [0, 0.1) is 0 Å². The van der Waals surface area contributed by atoms with E-state index in [0.29, 0.717) is 6.16 Å². The second-order valence-electron chi connectivity index (χ2n) is 7.26. The highest BCUT2D eigenvalue weighted by Gasteiger charge is 2.46. The highest BCUT2D eigenvalue weighted by Crippen LogP contribution is 2.57. The number of rotatable bonds is 8. The first kappa shape index (κ1) is 23.5. The van der Waals surface area contributed by atoms with Gasteiger partial charge in [0.2, 0.25) is 0 Å². The van der Waals surface area contributed by atoms with Crippen molar-refractivity contribution in [2.45, 2.75) is 33.1 Å². The van der Waals surface area contributed by atoms with Crippen LogP contribution in [0.4, 0.5) is 4.39 Å². The van der Waals surface area contributed by atoms with Gasteiger partial charge in [-0.25, -0.2) is 4.39 Å². The predicted molar refractivity (Wildman–Crippen MR) is 123 cm³/mol. The van der Waals surface area contributed by atoms with Crippen LogP contribution >= 0.6 is 7.26 Å². The van der Waals surface area contributed by atoms with E-state index < -0.39 is 7.26 Å². The molecule has 29 heavy (non-hydrogen) atoms. The summed E-state index contributed by atoms with van der Waals surface area (Å²) in [7, 11) is -2.13. The summed E-state index contributed by atoms with van der Waals surface area (Å²) >= 11 is 0. The normalized spacial score (nSPS) is 12.1. The van der Waals surface area contributed by atoms with Crippen molar-refractivity contribution in [3.8, 4) is 0 Å². The second kappa shape index (κ2) is 11.4. The molecule has 152 valence electrons. The molecule has 0 aliphatic carbocycles. The maximum absolute atomic E-state index is 15.6. The van der Waals surface area contributed by atoms with E-state index in [9.17, 15) is 0 Å². The molecule has 0 saturated carbocycles. The summed E-state index contributed by atoms with van der Waals surface area (Å²) < 4.78 is 15.6. The average molecular weight is 471 g/mol. The Kier molecular flexibility index (Phi) is 9.27. The van der Waals surface area contributed by atoms with Crippen molar-refractivity contribution in [1.82, 2.24) is 0 Å². The molecular formula is C26H29BrFP. The van der Waals surface area contributed by atoms with Crippen LogP contribution in [0.25, 0.3) is 0 Å². The minimum absolute atomic E-state index is 0. The van der Waals surface area contributed by atoms with Crippen molar-refractivity contribution in [2.24, 2.45) is 0 Å². The number of hydrogen-bond donors (Lipinski definition) is 0. The molecule has 0 fully saturated rings. The lowest BCUT2D eigenvalue weighted by molar-refractivity contribution is -0.00000629. The van der Waals surface area contributed by atoms with E-state index in [1.807, 2.05) is 25.1 Å². The zero-order chi connectivity index (χ0) is 19.8. The predicted octanol–water partition coefficient (Wildman–Crippen LogP) is 3.42. The summed E-state index contributed by atoms with van der Waals surface area (Å²) in [4.78, 5) is 0. The molecule has 0 nitrogen and oxygen atoms in total. The standard InChI is InChI=1S/C26H29FP.BrH/c1-3-4-14-22(2)26(27)21-28(23-15-8-5-9-16-23,24-17-10-6-11-18-24)25-19-12-7-13-20-25;/h5-13,15-20H,3-4,14,21H2,1-2H3;1H/q+1;/p-1/b26-22-;. The Labute approximate surface area is 186 Å². The van der Waals surface area contributed by atoms with Gasteiger partial charge < -0.3 is 17.0 Å². The molecule has 0 amide bonds. The van der Waals surface area contributed by atoms with Crippen molar-refractivity contribution in [3.63, 3.8) is 0 Å².